The molecule has 1 rings (SSSR count). The fourth-order valence-corrected chi connectivity index (χ4v) is 3.99. The van der Waals surface area contributed by atoms with Crippen molar-refractivity contribution in [2.45, 2.75) is 85.5 Å². The molecule has 1 unspecified atom stereocenters. The van der Waals surface area contributed by atoms with Gasteiger partial charge >= 0.3 is 5.97 Å². The summed E-state index contributed by atoms with van der Waals surface area (Å²) in [6.07, 6.45) is -0.599. The molecule has 10 nitrogen and oxygen atoms in total. The van der Waals surface area contributed by atoms with E-state index in [-0.39, 0.29) is 41.9 Å². The molecule has 0 aliphatic rings. The van der Waals surface area contributed by atoms with Crippen LogP contribution in [-0.4, -0.2) is 69.8 Å². The molecule has 1 aromatic rings. The van der Waals surface area contributed by atoms with Gasteiger partial charge in [0.05, 0.1) is 24.8 Å². The van der Waals surface area contributed by atoms with Crippen LogP contribution in [0.4, 0.5) is 0 Å². The van der Waals surface area contributed by atoms with Crippen LogP contribution in [0.5, 0.6) is 0 Å². The van der Waals surface area contributed by atoms with Gasteiger partial charge in [-0.2, -0.15) is 0 Å². The monoisotopic (exact) mass is 535 g/mol. The number of amides is 3. The summed E-state index contributed by atoms with van der Waals surface area (Å²) in [5.41, 5.74) is 0.497. The lowest BCUT2D eigenvalue weighted by molar-refractivity contribution is -0.143. The standard InChI is InChI=1S/C28H45N3O7/c1-15(2)11-21(23(33)12-18(7)25(34)31-24(17(5)6)28(37)38)29-26(35)19-9-8-10-20(13-19)27(36)30-22(14-32)16(3)4/h8-10,13,15-18,21-24,32-33H,11-12,14H2,1-7H3,(H,29,35)(H,30,36)(H,31,34)(H,37,38)/t18-,21+,22-,23?,24+/m1/s1. The molecular weight excluding hydrogens is 490 g/mol. The van der Waals surface area contributed by atoms with Gasteiger partial charge in [0.2, 0.25) is 5.91 Å². The first-order valence-electron chi connectivity index (χ1n) is 13.2. The topological polar surface area (TPSA) is 165 Å². The maximum absolute atomic E-state index is 13.1. The quantitative estimate of drug-likeness (QED) is 0.200. The molecule has 0 saturated heterocycles. The zero-order valence-electron chi connectivity index (χ0n) is 23.5. The number of hydrogen-bond acceptors (Lipinski definition) is 6. The fraction of sp³-hybridized carbons (Fsp3) is 0.643. The molecule has 214 valence electrons. The zero-order chi connectivity index (χ0) is 29.2. The van der Waals surface area contributed by atoms with Gasteiger partial charge in [-0.15, -0.1) is 0 Å². The summed E-state index contributed by atoms with van der Waals surface area (Å²) in [4.78, 5) is 49.7. The van der Waals surface area contributed by atoms with E-state index >= 15 is 0 Å². The molecule has 0 spiro atoms. The summed E-state index contributed by atoms with van der Waals surface area (Å²) in [6.45, 7) is 12.4. The molecule has 0 aliphatic heterocycles. The van der Waals surface area contributed by atoms with Gasteiger partial charge in [0.25, 0.3) is 11.8 Å². The predicted octanol–water partition coefficient (Wildman–Crippen LogP) is 2.19. The highest BCUT2D eigenvalue weighted by Gasteiger charge is 2.30. The predicted molar refractivity (Wildman–Crippen MR) is 145 cm³/mol. The minimum absolute atomic E-state index is 0.0220. The summed E-state index contributed by atoms with van der Waals surface area (Å²) >= 11 is 0. The Morgan fingerprint density at radius 1 is 0.789 bits per heavy atom. The van der Waals surface area contributed by atoms with Crippen molar-refractivity contribution >= 4 is 23.7 Å². The first-order chi connectivity index (χ1) is 17.7. The second kappa shape index (κ2) is 15.4. The number of carboxylic acids is 1. The van der Waals surface area contributed by atoms with Crippen molar-refractivity contribution in [3.63, 3.8) is 0 Å². The Balaban J connectivity index is 2.96. The molecule has 0 bridgehead atoms. The maximum Gasteiger partial charge on any atom is 0.326 e. The third kappa shape index (κ3) is 10.4. The molecule has 5 atom stereocenters. The Labute approximate surface area is 225 Å². The first kappa shape index (κ1) is 33.0. The third-order valence-electron chi connectivity index (χ3n) is 6.48. The van der Waals surface area contributed by atoms with E-state index in [2.05, 4.69) is 16.0 Å². The minimum atomic E-state index is -1.13. The average Bonchev–Trinajstić information content (AvgIpc) is 2.83. The van der Waals surface area contributed by atoms with Gasteiger partial charge in [0.1, 0.15) is 6.04 Å². The van der Waals surface area contributed by atoms with E-state index in [0.717, 1.165) is 0 Å². The zero-order valence-corrected chi connectivity index (χ0v) is 23.5. The number of carbonyl (C=O) groups excluding carboxylic acids is 3. The molecule has 6 N–H and O–H groups in total. The number of benzene rings is 1. The molecule has 0 aliphatic carbocycles. The third-order valence-corrected chi connectivity index (χ3v) is 6.48. The molecule has 10 heteroatoms. The van der Waals surface area contributed by atoms with Gasteiger partial charge in [0.15, 0.2) is 0 Å². The number of hydrogen-bond donors (Lipinski definition) is 6. The SMILES string of the molecule is CC(C)C[C@H](NC(=O)c1cccc(C(=O)N[C@H](CO)C(C)C)c1)C(O)C[C@@H](C)C(=O)N[C@H](C(=O)O)C(C)C. The lowest BCUT2D eigenvalue weighted by atomic mass is 9.91. The van der Waals surface area contributed by atoms with E-state index in [1.807, 2.05) is 27.7 Å². The summed E-state index contributed by atoms with van der Waals surface area (Å²) in [7, 11) is 0. The van der Waals surface area contributed by atoms with Crippen molar-refractivity contribution < 1.29 is 34.5 Å². The van der Waals surface area contributed by atoms with E-state index in [0.29, 0.717) is 6.42 Å². The van der Waals surface area contributed by atoms with Crippen LogP contribution in [0, 0.1) is 23.7 Å². The number of carboxylic acid groups (broad SMARTS) is 1. The highest BCUT2D eigenvalue weighted by Crippen LogP contribution is 2.17. The summed E-state index contributed by atoms with van der Waals surface area (Å²) in [5.74, 6) is -3.34. The molecule has 1 aromatic carbocycles. The van der Waals surface area contributed by atoms with Gasteiger partial charge in [-0.3, -0.25) is 14.4 Å². The minimum Gasteiger partial charge on any atom is -0.480 e. The first-order valence-corrected chi connectivity index (χ1v) is 13.2. The van der Waals surface area contributed by atoms with Crippen LogP contribution in [0.3, 0.4) is 0 Å². The van der Waals surface area contributed by atoms with Gasteiger partial charge in [-0.05, 0) is 48.8 Å². The van der Waals surface area contributed by atoms with E-state index in [4.69, 9.17) is 0 Å². The Hall–Kier alpha value is -2.98. The van der Waals surface area contributed by atoms with E-state index in [9.17, 15) is 34.5 Å². The number of aliphatic hydroxyl groups excluding tert-OH is 2. The second-order valence-electron chi connectivity index (χ2n) is 11.1. The normalized spacial score (nSPS) is 15.5. The maximum atomic E-state index is 13.1. The van der Waals surface area contributed by atoms with Crippen LogP contribution < -0.4 is 16.0 Å². The largest absolute Gasteiger partial charge is 0.480 e. The molecule has 0 aromatic heterocycles. The van der Waals surface area contributed by atoms with Gasteiger partial charge in [-0.1, -0.05) is 54.5 Å². The molecule has 0 radical (unpaired) electrons. The second-order valence-corrected chi connectivity index (χ2v) is 11.1. The Morgan fingerprint density at radius 2 is 1.32 bits per heavy atom. The van der Waals surface area contributed by atoms with Crippen LogP contribution in [-0.2, 0) is 9.59 Å². The Kier molecular flexibility index (Phi) is 13.4. The molecule has 0 fully saturated rings. The number of aliphatic hydroxyl groups is 2. The van der Waals surface area contributed by atoms with Crippen molar-refractivity contribution in [1.82, 2.24) is 16.0 Å². The summed E-state index contributed by atoms with van der Waals surface area (Å²) in [6, 6.07) is 4.04. The molecule has 3 amide bonds. The van der Waals surface area contributed by atoms with E-state index in [1.54, 1.807) is 39.0 Å². The Bertz CT molecular complexity index is 948. The fourth-order valence-electron chi connectivity index (χ4n) is 3.99. The van der Waals surface area contributed by atoms with Crippen LogP contribution in [0.2, 0.25) is 0 Å². The van der Waals surface area contributed by atoms with Gasteiger partial charge < -0.3 is 31.3 Å². The summed E-state index contributed by atoms with van der Waals surface area (Å²) < 4.78 is 0. The van der Waals surface area contributed by atoms with Crippen LogP contribution in [0.15, 0.2) is 24.3 Å². The van der Waals surface area contributed by atoms with Crippen LogP contribution in [0.1, 0.15) is 82.0 Å². The van der Waals surface area contributed by atoms with Crippen molar-refractivity contribution in [1.29, 1.82) is 0 Å². The molecule has 0 saturated carbocycles. The van der Waals surface area contributed by atoms with Gasteiger partial charge in [0, 0.05) is 17.0 Å². The molecule has 0 heterocycles. The van der Waals surface area contributed by atoms with E-state index in [1.165, 1.54) is 6.07 Å². The summed E-state index contributed by atoms with van der Waals surface area (Å²) in [5, 5.41) is 37.9. The highest BCUT2D eigenvalue weighted by atomic mass is 16.4. The number of carbonyl (C=O) groups is 4. The van der Waals surface area contributed by atoms with Crippen molar-refractivity contribution in [2.24, 2.45) is 23.7 Å². The van der Waals surface area contributed by atoms with E-state index < -0.39 is 53.8 Å². The highest BCUT2D eigenvalue weighted by molar-refractivity contribution is 5.99. The van der Waals surface area contributed by atoms with Crippen molar-refractivity contribution in [3.05, 3.63) is 35.4 Å². The van der Waals surface area contributed by atoms with Gasteiger partial charge in [-0.25, -0.2) is 4.79 Å². The van der Waals surface area contributed by atoms with Crippen molar-refractivity contribution in [2.75, 3.05) is 6.61 Å². The lowest BCUT2D eigenvalue weighted by Gasteiger charge is -2.28. The molecule has 38 heavy (non-hydrogen) atoms. The smallest absolute Gasteiger partial charge is 0.326 e. The van der Waals surface area contributed by atoms with Crippen LogP contribution in [0.25, 0.3) is 0 Å². The lowest BCUT2D eigenvalue weighted by Crippen LogP contribution is -2.48. The average molecular weight is 536 g/mol. The number of aliphatic carboxylic acids is 1. The molecular formula is C28H45N3O7. The van der Waals surface area contributed by atoms with Crippen molar-refractivity contribution in [3.8, 4) is 0 Å². The van der Waals surface area contributed by atoms with Crippen LogP contribution >= 0.6 is 0 Å². The number of nitrogens with one attached hydrogen (secondary N) is 3. The Morgan fingerprint density at radius 3 is 1.74 bits per heavy atom. The number of rotatable bonds is 15.